The molecule has 0 amide bonds. The van der Waals surface area contributed by atoms with Gasteiger partial charge in [-0.15, -0.1) is 0 Å². The van der Waals surface area contributed by atoms with Gasteiger partial charge in [-0.2, -0.15) is 0 Å². The molecule has 0 unspecified atom stereocenters. The first-order valence-corrected chi connectivity index (χ1v) is 14.5. The van der Waals surface area contributed by atoms with Crippen LogP contribution in [0.5, 0.6) is 0 Å². The van der Waals surface area contributed by atoms with Crippen molar-refractivity contribution < 1.29 is 0 Å². The highest BCUT2D eigenvalue weighted by Crippen LogP contribution is 2.32. The highest BCUT2D eigenvalue weighted by molar-refractivity contribution is 5.59. The smallest absolute Gasteiger partial charge is 0.0702 e. The molecule has 1 aliphatic rings. The lowest BCUT2D eigenvalue weighted by Crippen LogP contribution is -2.13. The molecule has 1 aromatic carbocycles. The second kappa shape index (κ2) is 15.9. The highest BCUT2D eigenvalue weighted by Gasteiger charge is 2.18. The lowest BCUT2D eigenvalue weighted by molar-refractivity contribution is 0.289. The van der Waals surface area contributed by atoms with Crippen molar-refractivity contribution in [3.8, 4) is 11.3 Å². The molecule has 0 spiro atoms. The molecule has 1 aliphatic carbocycles. The Labute approximate surface area is 210 Å². The van der Waals surface area contributed by atoms with Crippen LogP contribution in [0.1, 0.15) is 115 Å². The fraction of sp³-hybridized carbons (Fsp3) is 0.606. The first-order valence-electron chi connectivity index (χ1n) is 14.5. The molecule has 0 radical (unpaired) electrons. The zero-order valence-electron chi connectivity index (χ0n) is 22.1. The van der Waals surface area contributed by atoms with Gasteiger partial charge in [-0.3, -0.25) is 4.98 Å². The molecule has 1 heterocycles. The second-order valence-corrected chi connectivity index (χ2v) is 10.7. The summed E-state index contributed by atoms with van der Waals surface area (Å²) in [6.45, 7) is 4.58. The fourth-order valence-electron chi connectivity index (χ4n) is 5.41. The van der Waals surface area contributed by atoms with E-state index < -0.39 is 0 Å². The topological polar surface area (TPSA) is 12.9 Å². The number of hydrogen-bond acceptors (Lipinski definition) is 1. The SMILES string of the molecule is CCCCCCCc1ccc(-c2ccc(CCC=CC3CCC(CCCCC)CC3)cc2)nc1. The van der Waals surface area contributed by atoms with Gasteiger partial charge in [0.05, 0.1) is 5.69 Å². The van der Waals surface area contributed by atoms with E-state index in [9.17, 15) is 0 Å². The predicted octanol–water partition coefficient (Wildman–Crippen LogP) is 10.1. The third kappa shape index (κ3) is 9.77. The minimum absolute atomic E-state index is 0.829. The maximum absolute atomic E-state index is 4.74. The van der Waals surface area contributed by atoms with Gasteiger partial charge in [-0.05, 0) is 80.4 Å². The van der Waals surface area contributed by atoms with Crippen LogP contribution in [-0.4, -0.2) is 4.98 Å². The molecule has 3 rings (SSSR count). The van der Waals surface area contributed by atoms with Gasteiger partial charge in [0.1, 0.15) is 0 Å². The van der Waals surface area contributed by atoms with Crippen LogP contribution in [0.3, 0.4) is 0 Å². The van der Waals surface area contributed by atoms with Crippen LogP contribution in [0.25, 0.3) is 11.3 Å². The minimum atomic E-state index is 0.829. The fourth-order valence-corrected chi connectivity index (χ4v) is 5.41. The van der Waals surface area contributed by atoms with Crippen molar-refractivity contribution in [1.29, 1.82) is 0 Å². The average Bonchev–Trinajstić information content (AvgIpc) is 2.88. The van der Waals surface area contributed by atoms with Crippen LogP contribution in [0.2, 0.25) is 0 Å². The third-order valence-corrected chi connectivity index (χ3v) is 7.76. The van der Waals surface area contributed by atoms with Gasteiger partial charge in [-0.1, -0.05) is 108 Å². The highest BCUT2D eigenvalue weighted by atomic mass is 14.7. The van der Waals surface area contributed by atoms with Crippen molar-refractivity contribution in [1.82, 2.24) is 4.98 Å². The number of benzene rings is 1. The first kappa shape index (κ1) is 26.7. The van der Waals surface area contributed by atoms with Gasteiger partial charge >= 0.3 is 0 Å². The van der Waals surface area contributed by atoms with E-state index in [2.05, 4.69) is 68.6 Å². The second-order valence-electron chi connectivity index (χ2n) is 10.7. The van der Waals surface area contributed by atoms with Crippen molar-refractivity contribution in [2.45, 2.75) is 117 Å². The van der Waals surface area contributed by atoms with Crippen molar-refractivity contribution in [3.05, 3.63) is 65.9 Å². The lowest BCUT2D eigenvalue weighted by atomic mass is 9.79. The maximum atomic E-state index is 4.74. The van der Waals surface area contributed by atoms with Crippen LogP contribution in [0, 0.1) is 11.8 Å². The van der Waals surface area contributed by atoms with E-state index in [1.807, 2.05) is 0 Å². The largest absolute Gasteiger partial charge is 0.256 e. The summed E-state index contributed by atoms with van der Waals surface area (Å²) >= 11 is 0. The molecule has 34 heavy (non-hydrogen) atoms. The average molecular weight is 460 g/mol. The normalized spacial score (nSPS) is 18.5. The Kier molecular flexibility index (Phi) is 12.5. The number of nitrogens with zero attached hydrogens (tertiary/aromatic N) is 1. The Morgan fingerprint density at radius 1 is 0.735 bits per heavy atom. The molecule has 1 heteroatoms. The molecule has 1 nitrogen and oxygen atoms in total. The number of aryl methyl sites for hydroxylation is 2. The van der Waals surface area contributed by atoms with E-state index in [1.54, 1.807) is 0 Å². The van der Waals surface area contributed by atoms with Crippen molar-refractivity contribution in [2.24, 2.45) is 11.8 Å². The molecule has 186 valence electrons. The molecule has 0 aliphatic heterocycles. The number of hydrogen-bond donors (Lipinski definition) is 0. The number of allylic oxidation sites excluding steroid dienone is 2. The van der Waals surface area contributed by atoms with Gasteiger partial charge in [-0.25, -0.2) is 0 Å². The van der Waals surface area contributed by atoms with Gasteiger partial charge < -0.3 is 0 Å². The molecule has 2 aromatic rings. The summed E-state index contributed by atoms with van der Waals surface area (Å²) in [4.78, 5) is 4.74. The van der Waals surface area contributed by atoms with Crippen LogP contribution in [0.15, 0.2) is 54.7 Å². The lowest BCUT2D eigenvalue weighted by Gasteiger charge is -2.26. The van der Waals surface area contributed by atoms with E-state index in [0.717, 1.165) is 36.8 Å². The van der Waals surface area contributed by atoms with Crippen molar-refractivity contribution >= 4 is 0 Å². The summed E-state index contributed by atoms with van der Waals surface area (Å²) < 4.78 is 0. The predicted molar refractivity (Wildman–Crippen MR) is 149 cm³/mol. The number of rotatable bonds is 15. The van der Waals surface area contributed by atoms with E-state index >= 15 is 0 Å². The van der Waals surface area contributed by atoms with E-state index in [4.69, 9.17) is 4.98 Å². The Morgan fingerprint density at radius 2 is 1.44 bits per heavy atom. The van der Waals surface area contributed by atoms with Crippen LogP contribution < -0.4 is 0 Å². The Bertz CT molecular complexity index is 793. The van der Waals surface area contributed by atoms with Gasteiger partial charge in [0.25, 0.3) is 0 Å². The van der Waals surface area contributed by atoms with Gasteiger partial charge in [0.15, 0.2) is 0 Å². The number of aromatic nitrogens is 1. The molecule has 1 aromatic heterocycles. The zero-order valence-corrected chi connectivity index (χ0v) is 22.1. The summed E-state index contributed by atoms with van der Waals surface area (Å²) in [7, 11) is 0. The van der Waals surface area contributed by atoms with E-state index in [1.165, 1.54) is 100 Å². The van der Waals surface area contributed by atoms with E-state index in [-0.39, 0.29) is 0 Å². The molecule has 0 N–H and O–H groups in total. The number of unbranched alkanes of at least 4 members (excludes halogenated alkanes) is 6. The number of pyridine rings is 1. The zero-order chi connectivity index (χ0) is 23.8. The molecule has 0 bridgehead atoms. The van der Waals surface area contributed by atoms with E-state index in [0.29, 0.717) is 0 Å². The van der Waals surface area contributed by atoms with Crippen LogP contribution in [0.4, 0.5) is 0 Å². The van der Waals surface area contributed by atoms with Gasteiger partial charge in [0, 0.05) is 11.8 Å². The monoisotopic (exact) mass is 459 g/mol. The minimum Gasteiger partial charge on any atom is -0.256 e. The molecule has 0 saturated heterocycles. The summed E-state index contributed by atoms with van der Waals surface area (Å²) in [6, 6.07) is 13.5. The Balaban J connectivity index is 1.35. The molecule has 1 fully saturated rings. The van der Waals surface area contributed by atoms with Crippen molar-refractivity contribution in [2.75, 3.05) is 0 Å². The Morgan fingerprint density at radius 3 is 2.15 bits per heavy atom. The van der Waals surface area contributed by atoms with Crippen LogP contribution in [-0.2, 0) is 12.8 Å². The van der Waals surface area contributed by atoms with Gasteiger partial charge in [0.2, 0.25) is 0 Å². The summed E-state index contributed by atoms with van der Waals surface area (Å²) in [5, 5.41) is 0. The van der Waals surface area contributed by atoms with Crippen LogP contribution >= 0.6 is 0 Å². The summed E-state index contributed by atoms with van der Waals surface area (Å²) in [5.74, 6) is 1.84. The third-order valence-electron chi connectivity index (χ3n) is 7.76. The molecular formula is C33H49N. The maximum Gasteiger partial charge on any atom is 0.0702 e. The van der Waals surface area contributed by atoms with Crippen molar-refractivity contribution in [3.63, 3.8) is 0 Å². The quantitative estimate of drug-likeness (QED) is 0.191. The summed E-state index contributed by atoms with van der Waals surface area (Å²) in [5.41, 5.74) is 5.11. The molecule has 0 atom stereocenters. The standard InChI is InChI=1S/C33H49N/c1-3-5-7-8-10-16-31-23-26-33(34-27-31)32-24-21-30(22-25-32)15-12-11-14-29-19-17-28(18-20-29)13-9-6-4-2/h11,14,21-29H,3-10,12-13,15-20H2,1-2H3. The molecule has 1 saturated carbocycles. The Hall–Kier alpha value is -1.89. The first-order chi connectivity index (χ1) is 16.8. The molecular weight excluding hydrogens is 410 g/mol. The summed E-state index contributed by atoms with van der Waals surface area (Å²) in [6.07, 6.45) is 28.6.